The van der Waals surface area contributed by atoms with Crippen LogP contribution in [0.4, 0.5) is 10.6 Å². The molecule has 1 saturated heterocycles. The Bertz CT molecular complexity index is 501. The van der Waals surface area contributed by atoms with Crippen molar-refractivity contribution in [3.8, 4) is 0 Å². The maximum absolute atomic E-state index is 12.0. The zero-order chi connectivity index (χ0) is 16.7. The van der Waals surface area contributed by atoms with Crippen LogP contribution in [0.15, 0.2) is 18.3 Å². The quantitative estimate of drug-likeness (QED) is 0.717. The fourth-order valence-electron chi connectivity index (χ4n) is 2.80. The molecule has 6 nitrogen and oxygen atoms in total. The number of nitrogens with one attached hydrogen (secondary N) is 2. The summed E-state index contributed by atoms with van der Waals surface area (Å²) in [6, 6.07) is 3.75. The summed E-state index contributed by atoms with van der Waals surface area (Å²) >= 11 is 0. The molecule has 1 unspecified atom stereocenters. The summed E-state index contributed by atoms with van der Waals surface area (Å²) in [7, 11) is 0. The van der Waals surface area contributed by atoms with E-state index in [0.29, 0.717) is 13.0 Å². The Kier molecular flexibility index (Phi) is 6.65. The third-order valence-corrected chi connectivity index (χ3v) is 4.25. The number of carbonyl (C=O) groups is 1. The molecular weight excluding hydrogens is 292 g/mol. The lowest BCUT2D eigenvalue weighted by Gasteiger charge is -2.22. The van der Waals surface area contributed by atoms with Crippen molar-refractivity contribution >= 4 is 11.8 Å². The molecule has 128 valence electrons. The van der Waals surface area contributed by atoms with Gasteiger partial charge in [-0.25, -0.2) is 9.78 Å². The fraction of sp³-hybridized carbons (Fsp3) is 0.647. The van der Waals surface area contributed by atoms with E-state index in [4.69, 9.17) is 5.11 Å². The van der Waals surface area contributed by atoms with E-state index in [1.54, 1.807) is 6.20 Å². The average molecular weight is 320 g/mol. The van der Waals surface area contributed by atoms with Crippen LogP contribution >= 0.6 is 0 Å². The van der Waals surface area contributed by atoms with Gasteiger partial charge in [0.05, 0.1) is 0 Å². The van der Waals surface area contributed by atoms with Crippen molar-refractivity contribution < 1.29 is 9.90 Å². The minimum Gasteiger partial charge on any atom is -0.396 e. The number of anilines is 1. The van der Waals surface area contributed by atoms with Gasteiger partial charge < -0.3 is 20.6 Å². The van der Waals surface area contributed by atoms with Gasteiger partial charge in [-0.05, 0) is 42.9 Å². The van der Waals surface area contributed by atoms with E-state index in [9.17, 15) is 4.79 Å². The van der Waals surface area contributed by atoms with Gasteiger partial charge in [0.15, 0.2) is 0 Å². The van der Waals surface area contributed by atoms with Crippen molar-refractivity contribution in [1.82, 2.24) is 15.6 Å². The third kappa shape index (κ3) is 5.39. The molecule has 1 aliphatic rings. The molecule has 2 amide bonds. The molecule has 1 aromatic heterocycles. The van der Waals surface area contributed by atoms with Crippen LogP contribution in [0, 0.1) is 5.92 Å². The molecule has 0 aromatic carbocycles. The Labute approximate surface area is 138 Å². The van der Waals surface area contributed by atoms with Gasteiger partial charge in [-0.2, -0.15) is 0 Å². The van der Waals surface area contributed by atoms with Crippen molar-refractivity contribution in [1.29, 1.82) is 0 Å². The first-order valence-electron chi connectivity index (χ1n) is 8.45. The molecule has 1 aromatic rings. The Morgan fingerprint density at radius 3 is 2.78 bits per heavy atom. The largest absolute Gasteiger partial charge is 0.396 e. The number of aromatic nitrogens is 1. The molecule has 0 saturated carbocycles. The van der Waals surface area contributed by atoms with E-state index < -0.39 is 0 Å². The second-order valence-electron chi connectivity index (χ2n) is 6.41. The van der Waals surface area contributed by atoms with Gasteiger partial charge in [-0.1, -0.05) is 13.8 Å². The van der Waals surface area contributed by atoms with E-state index >= 15 is 0 Å². The highest BCUT2D eigenvalue weighted by Gasteiger charge is 2.16. The summed E-state index contributed by atoms with van der Waals surface area (Å²) in [5, 5.41) is 14.9. The summed E-state index contributed by atoms with van der Waals surface area (Å²) in [5.41, 5.74) is 1.04. The highest BCUT2D eigenvalue weighted by molar-refractivity contribution is 5.74. The Hall–Kier alpha value is -1.82. The summed E-state index contributed by atoms with van der Waals surface area (Å²) in [6.07, 6.45) is 4.80. The predicted molar refractivity (Wildman–Crippen MR) is 91.4 cm³/mol. The third-order valence-electron chi connectivity index (χ3n) is 4.25. The maximum atomic E-state index is 12.0. The van der Waals surface area contributed by atoms with Crippen LogP contribution in [0.5, 0.6) is 0 Å². The number of carbonyl (C=O) groups excluding carboxylic acids is 1. The molecular formula is C17H28N4O2. The zero-order valence-corrected chi connectivity index (χ0v) is 14.1. The monoisotopic (exact) mass is 320 g/mol. The molecule has 3 N–H and O–H groups in total. The lowest BCUT2D eigenvalue weighted by molar-refractivity contribution is 0.218. The normalized spacial score (nSPS) is 15.7. The molecule has 1 aliphatic heterocycles. The number of pyridine rings is 1. The molecule has 2 rings (SSSR count). The van der Waals surface area contributed by atoms with Crippen LogP contribution in [-0.4, -0.2) is 41.9 Å². The number of hydrogen-bond donors (Lipinski definition) is 3. The van der Waals surface area contributed by atoms with E-state index in [1.807, 2.05) is 26.0 Å². The number of nitrogens with zero attached hydrogens (tertiary/aromatic N) is 2. The predicted octanol–water partition coefficient (Wildman–Crippen LogP) is 1.89. The van der Waals surface area contributed by atoms with Gasteiger partial charge in [-0.15, -0.1) is 0 Å². The van der Waals surface area contributed by atoms with E-state index in [-0.39, 0.29) is 24.6 Å². The molecule has 6 heteroatoms. The number of amides is 2. The highest BCUT2D eigenvalue weighted by Crippen LogP contribution is 2.18. The van der Waals surface area contributed by atoms with Crippen molar-refractivity contribution in [3.05, 3.63) is 23.9 Å². The summed E-state index contributed by atoms with van der Waals surface area (Å²) in [4.78, 5) is 18.7. The molecule has 0 bridgehead atoms. The first-order valence-corrected chi connectivity index (χ1v) is 8.45. The molecule has 0 radical (unpaired) electrons. The average Bonchev–Trinajstić information content (AvgIpc) is 3.07. The van der Waals surface area contributed by atoms with Gasteiger partial charge in [0.1, 0.15) is 5.82 Å². The maximum Gasteiger partial charge on any atom is 0.315 e. The highest BCUT2D eigenvalue weighted by atomic mass is 16.3. The molecule has 0 aliphatic carbocycles. The fourth-order valence-corrected chi connectivity index (χ4v) is 2.80. The van der Waals surface area contributed by atoms with Crippen LogP contribution in [0.1, 0.15) is 38.7 Å². The molecule has 23 heavy (non-hydrogen) atoms. The SMILES string of the molecule is CC(C)C(CCO)NC(=O)NCc1ccnc(N2CCCC2)c1. The number of aliphatic hydroxyl groups is 1. The minimum absolute atomic E-state index is 0.0161. The number of hydrogen-bond acceptors (Lipinski definition) is 4. The molecule has 0 spiro atoms. The van der Waals surface area contributed by atoms with Crippen LogP contribution in [0.2, 0.25) is 0 Å². The van der Waals surface area contributed by atoms with Gasteiger partial charge in [0, 0.05) is 38.5 Å². The van der Waals surface area contributed by atoms with Crippen LogP contribution in [0.25, 0.3) is 0 Å². The number of aliphatic hydroxyl groups excluding tert-OH is 1. The van der Waals surface area contributed by atoms with E-state index in [2.05, 4.69) is 20.5 Å². The lowest BCUT2D eigenvalue weighted by Crippen LogP contribution is -2.44. The van der Waals surface area contributed by atoms with Gasteiger partial charge in [0.25, 0.3) is 0 Å². The minimum atomic E-state index is -0.198. The van der Waals surface area contributed by atoms with Gasteiger partial charge in [-0.3, -0.25) is 0 Å². The van der Waals surface area contributed by atoms with Crippen molar-refractivity contribution in [3.63, 3.8) is 0 Å². The molecule has 1 atom stereocenters. The Morgan fingerprint density at radius 1 is 1.39 bits per heavy atom. The zero-order valence-electron chi connectivity index (χ0n) is 14.1. The first kappa shape index (κ1) is 17.5. The van der Waals surface area contributed by atoms with E-state index in [0.717, 1.165) is 24.5 Å². The second kappa shape index (κ2) is 8.72. The van der Waals surface area contributed by atoms with Crippen molar-refractivity contribution in [2.45, 2.75) is 45.7 Å². The van der Waals surface area contributed by atoms with Crippen LogP contribution < -0.4 is 15.5 Å². The summed E-state index contributed by atoms with van der Waals surface area (Å²) < 4.78 is 0. The van der Waals surface area contributed by atoms with Crippen LogP contribution in [0.3, 0.4) is 0 Å². The van der Waals surface area contributed by atoms with Crippen molar-refractivity contribution in [2.24, 2.45) is 5.92 Å². The lowest BCUT2D eigenvalue weighted by atomic mass is 10.0. The smallest absolute Gasteiger partial charge is 0.315 e. The molecule has 1 fully saturated rings. The van der Waals surface area contributed by atoms with Gasteiger partial charge >= 0.3 is 6.03 Å². The Balaban J connectivity index is 1.85. The summed E-state index contributed by atoms with van der Waals surface area (Å²) in [5.74, 6) is 1.28. The second-order valence-corrected chi connectivity index (χ2v) is 6.41. The first-order chi connectivity index (χ1) is 11.1. The standard InChI is InChI=1S/C17H28N4O2/c1-13(2)15(6-10-22)20-17(23)19-12-14-5-7-18-16(11-14)21-8-3-4-9-21/h5,7,11,13,15,22H,3-4,6,8-10,12H2,1-2H3,(H2,19,20,23). The number of urea groups is 1. The van der Waals surface area contributed by atoms with Gasteiger partial charge in [0.2, 0.25) is 0 Å². The Morgan fingerprint density at radius 2 is 2.13 bits per heavy atom. The van der Waals surface area contributed by atoms with Crippen molar-refractivity contribution in [2.75, 3.05) is 24.6 Å². The van der Waals surface area contributed by atoms with Crippen LogP contribution in [-0.2, 0) is 6.54 Å². The molecule has 2 heterocycles. The number of rotatable bonds is 7. The van der Waals surface area contributed by atoms with E-state index in [1.165, 1.54) is 12.8 Å². The summed E-state index contributed by atoms with van der Waals surface area (Å²) in [6.45, 7) is 6.73. The topological polar surface area (TPSA) is 77.5 Å².